The van der Waals surface area contributed by atoms with E-state index in [1.165, 1.54) is 12.8 Å². The molecular weight excluding hydrogens is 212 g/mol. The number of fused-ring (bicyclic) bond motifs is 1. The molecular formula is C10H11ClN4. The highest BCUT2D eigenvalue weighted by Crippen LogP contribution is 2.19. The summed E-state index contributed by atoms with van der Waals surface area (Å²) in [7, 11) is 0. The minimum Gasteiger partial charge on any atom is -0.307 e. The zero-order chi connectivity index (χ0) is 10.3. The van der Waals surface area contributed by atoms with Gasteiger partial charge in [-0.3, -0.25) is 0 Å². The number of nitrogens with zero attached hydrogens (tertiary/aromatic N) is 3. The predicted molar refractivity (Wildman–Crippen MR) is 57.9 cm³/mol. The molecule has 0 atom stereocenters. The minimum absolute atomic E-state index is 0.641. The van der Waals surface area contributed by atoms with Crippen LogP contribution >= 0.6 is 11.6 Å². The molecule has 1 N–H and O–H groups in total. The lowest BCUT2D eigenvalue weighted by atomic mass is 10.5. The Morgan fingerprint density at radius 1 is 1.53 bits per heavy atom. The number of nitrogens with one attached hydrogen (secondary N) is 1. The van der Waals surface area contributed by atoms with E-state index in [0.717, 1.165) is 18.0 Å². The average molecular weight is 223 g/mol. The van der Waals surface area contributed by atoms with Crippen molar-refractivity contribution in [3.8, 4) is 0 Å². The quantitative estimate of drug-likeness (QED) is 0.859. The lowest BCUT2D eigenvalue weighted by Gasteiger charge is -1.95. The Balaban J connectivity index is 1.88. The second kappa shape index (κ2) is 3.47. The third-order valence-corrected chi connectivity index (χ3v) is 2.78. The maximum atomic E-state index is 6.00. The van der Waals surface area contributed by atoms with E-state index in [9.17, 15) is 0 Å². The summed E-state index contributed by atoms with van der Waals surface area (Å²) in [5.41, 5.74) is 0.728. The Bertz CT molecular complexity index is 489. The molecule has 0 saturated heterocycles. The first-order valence-corrected chi connectivity index (χ1v) is 5.44. The summed E-state index contributed by atoms with van der Waals surface area (Å²) in [6.07, 6.45) is 4.40. The highest BCUT2D eigenvalue weighted by atomic mass is 35.5. The van der Waals surface area contributed by atoms with Crippen molar-refractivity contribution in [1.82, 2.24) is 19.9 Å². The molecule has 1 aliphatic rings. The van der Waals surface area contributed by atoms with Crippen LogP contribution in [0.5, 0.6) is 0 Å². The van der Waals surface area contributed by atoms with Crippen molar-refractivity contribution < 1.29 is 0 Å². The Kier molecular flexibility index (Phi) is 2.11. The van der Waals surface area contributed by atoms with E-state index >= 15 is 0 Å². The van der Waals surface area contributed by atoms with Gasteiger partial charge in [0.25, 0.3) is 0 Å². The van der Waals surface area contributed by atoms with Gasteiger partial charge in [0.1, 0.15) is 0 Å². The van der Waals surface area contributed by atoms with Crippen molar-refractivity contribution in [3.05, 3.63) is 29.2 Å². The molecule has 1 aliphatic carbocycles. The number of halogens is 1. The van der Waals surface area contributed by atoms with E-state index in [1.54, 1.807) is 4.52 Å². The first-order valence-electron chi connectivity index (χ1n) is 5.06. The van der Waals surface area contributed by atoms with Gasteiger partial charge in [-0.1, -0.05) is 11.6 Å². The molecule has 2 aromatic rings. The smallest absolute Gasteiger partial charge is 0.174 e. The van der Waals surface area contributed by atoms with Crippen LogP contribution < -0.4 is 5.32 Å². The molecule has 0 spiro atoms. The number of rotatable bonds is 3. The Hall–Kier alpha value is -1.13. The monoisotopic (exact) mass is 222 g/mol. The molecule has 1 saturated carbocycles. The number of aromatic nitrogens is 3. The first kappa shape index (κ1) is 9.12. The van der Waals surface area contributed by atoms with E-state index < -0.39 is 0 Å². The van der Waals surface area contributed by atoms with Gasteiger partial charge in [0.15, 0.2) is 11.5 Å². The zero-order valence-corrected chi connectivity index (χ0v) is 8.91. The van der Waals surface area contributed by atoms with E-state index in [1.807, 2.05) is 18.3 Å². The second-order valence-electron chi connectivity index (χ2n) is 3.81. The van der Waals surface area contributed by atoms with Crippen LogP contribution in [-0.2, 0) is 6.54 Å². The number of pyridine rings is 1. The van der Waals surface area contributed by atoms with Crippen LogP contribution in [0.3, 0.4) is 0 Å². The van der Waals surface area contributed by atoms with Crippen LogP contribution in [0.4, 0.5) is 0 Å². The van der Waals surface area contributed by atoms with Crippen LogP contribution in [0.2, 0.25) is 5.02 Å². The Labute approximate surface area is 92.3 Å². The highest BCUT2D eigenvalue weighted by Gasteiger charge is 2.20. The lowest BCUT2D eigenvalue weighted by molar-refractivity contribution is 0.656. The zero-order valence-electron chi connectivity index (χ0n) is 8.15. The van der Waals surface area contributed by atoms with Gasteiger partial charge in [-0.15, -0.1) is 5.10 Å². The molecule has 1 fully saturated rings. The number of hydrogen-bond acceptors (Lipinski definition) is 3. The van der Waals surface area contributed by atoms with Crippen molar-refractivity contribution in [2.45, 2.75) is 25.4 Å². The van der Waals surface area contributed by atoms with Gasteiger partial charge in [0, 0.05) is 12.2 Å². The Morgan fingerprint density at radius 2 is 2.40 bits per heavy atom. The van der Waals surface area contributed by atoms with Crippen molar-refractivity contribution in [2.24, 2.45) is 0 Å². The maximum Gasteiger partial charge on any atom is 0.174 e. The molecule has 0 aliphatic heterocycles. The predicted octanol–water partition coefficient (Wildman–Crippen LogP) is 1.63. The molecule has 15 heavy (non-hydrogen) atoms. The molecule has 78 valence electrons. The first-order chi connectivity index (χ1) is 7.33. The Morgan fingerprint density at radius 3 is 3.13 bits per heavy atom. The van der Waals surface area contributed by atoms with Crippen LogP contribution in [-0.4, -0.2) is 20.6 Å². The highest BCUT2D eigenvalue weighted by molar-refractivity contribution is 6.33. The third-order valence-electron chi connectivity index (χ3n) is 2.48. The molecule has 0 unspecified atom stereocenters. The standard InChI is InChI=1S/C10H11ClN4/c11-8-2-1-5-15-10(8)13-9(14-15)6-12-7-3-4-7/h1-2,5,7,12H,3-4,6H2. The molecule has 3 rings (SSSR count). The van der Waals surface area contributed by atoms with Gasteiger partial charge in [0.05, 0.1) is 11.6 Å². The van der Waals surface area contributed by atoms with Crippen molar-refractivity contribution >= 4 is 17.2 Å². The van der Waals surface area contributed by atoms with Gasteiger partial charge in [0.2, 0.25) is 0 Å². The van der Waals surface area contributed by atoms with Crippen LogP contribution in [0.15, 0.2) is 18.3 Å². The molecule has 5 heteroatoms. The maximum absolute atomic E-state index is 6.00. The normalized spacial score (nSPS) is 16.1. The largest absolute Gasteiger partial charge is 0.307 e. The van der Waals surface area contributed by atoms with Gasteiger partial charge < -0.3 is 5.32 Å². The summed E-state index contributed by atoms with van der Waals surface area (Å²) in [6.45, 7) is 0.725. The molecule has 2 aromatic heterocycles. The molecule has 2 heterocycles. The fourth-order valence-electron chi connectivity index (χ4n) is 1.52. The van der Waals surface area contributed by atoms with Crippen LogP contribution in [0.1, 0.15) is 18.7 Å². The minimum atomic E-state index is 0.641. The van der Waals surface area contributed by atoms with Crippen LogP contribution in [0, 0.1) is 0 Å². The van der Waals surface area contributed by atoms with Gasteiger partial charge in [-0.05, 0) is 25.0 Å². The fraction of sp³-hybridized carbons (Fsp3) is 0.400. The SMILES string of the molecule is Clc1cccn2nc(CNC3CC3)nc12. The van der Waals surface area contributed by atoms with Crippen LogP contribution in [0.25, 0.3) is 5.65 Å². The van der Waals surface area contributed by atoms with Gasteiger partial charge in [-0.2, -0.15) is 0 Å². The number of hydrogen-bond donors (Lipinski definition) is 1. The summed E-state index contributed by atoms with van der Waals surface area (Å²) in [5, 5.41) is 8.35. The second-order valence-corrected chi connectivity index (χ2v) is 4.21. The average Bonchev–Trinajstić information content (AvgIpc) is 2.95. The van der Waals surface area contributed by atoms with Gasteiger partial charge in [-0.25, -0.2) is 9.50 Å². The van der Waals surface area contributed by atoms with E-state index in [4.69, 9.17) is 11.6 Å². The van der Waals surface area contributed by atoms with E-state index in [0.29, 0.717) is 11.1 Å². The molecule has 0 bridgehead atoms. The lowest BCUT2D eigenvalue weighted by Crippen LogP contribution is -2.16. The third kappa shape index (κ3) is 1.82. The van der Waals surface area contributed by atoms with Crippen molar-refractivity contribution in [1.29, 1.82) is 0 Å². The van der Waals surface area contributed by atoms with E-state index in [-0.39, 0.29) is 0 Å². The summed E-state index contributed by atoms with van der Waals surface area (Å²) in [4.78, 5) is 4.37. The summed E-state index contributed by atoms with van der Waals surface area (Å²) >= 11 is 6.00. The molecule has 0 aromatic carbocycles. The van der Waals surface area contributed by atoms with Crippen molar-refractivity contribution in [3.63, 3.8) is 0 Å². The topological polar surface area (TPSA) is 42.2 Å². The summed E-state index contributed by atoms with van der Waals surface area (Å²) < 4.78 is 1.71. The fourth-order valence-corrected chi connectivity index (χ4v) is 1.72. The van der Waals surface area contributed by atoms with E-state index in [2.05, 4.69) is 15.4 Å². The summed E-state index contributed by atoms with van der Waals surface area (Å²) in [5.74, 6) is 0.801. The van der Waals surface area contributed by atoms with Crippen molar-refractivity contribution in [2.75, 3.05) is 0 Å². The molecule has 4 nitrogen and oxygen atoms in total. The van der Waals surface area contributed by atoms with Gasteiger partial charge >= 0.3 is 0 Å². The molecule has 0 radical (unpaired) electrons. The summed E-state index contributed by atoms with van der Waals surface area (Å²) in [6, 6.07) is 4.36. The molecule has 0 amide bonds.